The fourth-order valence-electron chi connectivity index (χ4n) is 3.43. The van der Waals surface area contributed by atoms with Crippen LogP contribution in [0.1, 0.15) is 36.7 Å². The monoisotopic (exact) mass is 382 g/mol. The molecule has 1 fully saturated rings. The summed E-state index contributed by atoms with van der Waals surface area (Å²) in [5, 5.41) is 1.09. The minimum Gasteiger partial charge on any atom is -0.333 e. The smallest absolute Gasteiger partial charge is 0.223 e. The lowest BCUT2D eigenvalue weighted by atomic mass is 10.2. The summed E-state index contributed by atoms with van der Waals surface area (Å²) in [6, 6.07) is 18.8. The van der Waals surface area contributed by atoms with Gasteiger partial charge in [0.25, 0.3) is 0 Å². The van der Waals surface area contributed by atoms with E-state index in [-0.39, 0.29) is 11.9 Å². The summed E-state index contributed by atoms with van der Waals surface area (Å²) < 4.78 is 1.21. The van der Waals surface area contributed by atoms with E-state index in [0.29, 0.717) is 6.42 Å². The average molecular weight is 383 g/mol. The molecule has 0 aliphatic carbocycles. The van der Waals surface area contributed by atoms with Gasteiger partial charge in [0.15, 0.2) is 0 Å². The number of hydrogen-bond acceptors (Lipinski definition) is 4. The first-order chi connectivity index (χ1) is 12.8. The molecule has 1 aliphatic heterocycles. The Balaban J connectivity index is 1.34. The first kappa shape index (κ1) is 17.6. The van der Waals surface area contributed by atoms with E-state index in [0.717, 1.165) is 42.1 Å². The molecule has 3 aromatic rings. The molecule has 0 saturated carbocycles. The van der Waals surface area contributed by atoms with E-state index in [9.17, 15) is 4.79 Å². The average Bonchev–Trinajstić information content (AvgIpc) is 3.32. The number of thiazole rings is 1. The highest BCUT2D eigenvalue weighted by molar-refractivity contribution is 7.99. The van der Waals surface area contributed by atoms with Crippen molar-refractivity contribution in [1.29, 1.82) is 0 Å². The Morgan fingerprint density at radius 3 is 2.81 bits per heavy atom. The van der Waals surface area contributed by atoms with Crippen LogP contribution in [0.25, 0.3) is 10.2 Å². The van der Waals surface area contributed by atoms with E-state index in [1.807, 2.05) is 30.0 Å². The summed E-state index contributed by atoms with van der Waals surface area (Å²) >= 11 is 3.56. The van der Waals surface area contributed by atoms with Gasteiger partial charge < -0.3 is 4.90 Å². The van der Waals surface area contributed by atoms with E-state index in [1.165, 1.54) is 9.60 Å². The number of nitrogens with zero attached hydrogens (tertiary/aromatic N) is 2. The molecule has 3 nitrogen and oxygen atoms in total. The van der Waals surface area contributed by atoms with Gasteiger partial charge in [0.1, 0.15) is 5.01 Å². The quantitative estimate of drug-likeness (QED) is 0.415. The number of rotatable bonds is 6. The Morgan fingerprint density at radius 2 is 1.96 bits per heavy atom. The van der Waals surface area contributed by atoms with Crippen molar-refractivity contribution in [3.8, 4) is 0 Å². The third-order valence-electron chi connectivity index (χ3n) is 4.72. The van der Waals surface area contributed by atoms with Gasteiger partial charge in [-0.25, -0.2) is 4.98 Å². The molecule has 1 aliphatic rings. The van der Waals surface area contributed by atoms with E-state index < -0.39 is 0 Å². The van der Waals surface area contributed by atoms with Crippen LogP contribution >= 0.6 is 23.1 Å². The Bertz CT molecular complexity index is 845. The maximum absolute atomic E-state index is 12.7. The van der Waals surface area contributed by atoms with Crippen LogP contribution < -0.4 is 0 Å². The van der Waals surface area contributed by atoms with Crippen molar-refractivity contribution < 1.29 is 4.79 Å². The highest BCUT2D eigenvalue weighted by Gasteiger charge is 2.31. The second-order valence-electron chi connectivity index (χ2n) is 6.53. The van der Waals surface area contributed by atoms with Gasteiger partial charge in [-0.3, -0.25) is 4.79 Å². The molecule has 26 heavy (non-hydrogen) atoms. The van der Waals surface area contributed by atoms with Gasteiger partial charge >= 0.3 is 0 Å². The fraction of sp³-hybridized carbons (Fsp3) is 0.333. The number of amides is 1. The molecule has 1 atom stereocenters. The number of carbonyl (C=O) groups excluding carboxylic acids is 1. The summed E-state index contributed by atoms with van der Waals surface area (Å²) in [6.07, 6.45) is 3.65. The standard InChI is InChI=1S/C21H22N2OS2/c24-20(13-7-15-25-16-8-2-1-3-9-16)23-14-6-11-18(23)21-22-17-10-4-5-12-19(17)26-21/h1-5,8-10,12,18H,6-7,11,13-15H2/t18-/m1/s1. The van der Waals surface area contributed by atoms with Crippen LogP contribution in [-0.4, -0.2) is 28.1 Å². The SMILES string of the molecule is O=C(CCCSc1ccccc1)N1CCC[C@@H]1c1nc2ccccc2s1. The van der Waals surface area contributed by atoms with Crippen LogP contribution in [0.4, 0.5) is 0 Å². The highest BCUT2D eigenvalue weighted by atomic mass is 32.2. The molecule has 0 radical (unpaired) electrons. The zero-order valence-electron chi connectivity index (χ0n) is 14.6. The van der Waals surface area contributed by atoms with E-state index in [1.54, 1.807) is 11.3 Å². The lowest BCUT2D eigenvalue weighted by Crippen LogP contribution is -2.30. The van der Waals surface area contributed by atoms with Gasteiger partial charge in [-0.15, -0.1) is 23.1 Å². The Labute approximate surface area is 162 Å². The van der Waals surface area contributed by atoms with Crippen LogP contribution in [0.2, 0.25) is 0 Å². The van der Waals surface area contributed by atoms with Crippen LogP contribution in [-0.2, 0) is 4.79 Å². The Kier molecular flexibility index (Phi) is 5.56. The largest absolute Gasteiger partial charge is 0.333 e. The molecule has 2 aromatic carbocycles. The summed E-state index contributed by atoms with van der Waals surface area (Å²) in [5.74, 6) is 1.26. The maximum atomic E-state index is 12.7. The van der Waals surface area contributed by atoms with Crippen molar-refractivity contribution >= 4 is 39.2 Å². The van der Waals surface area contributed by atoms with Crippen LogP contribution in [0, 0.1) is 0 Å². The molecule has 2 heterocycles. The first-order valence-corrected chi connectivity index (χ1v) is 10.9. The molecule has 0 N–H and O–H groups in total. The molecule has 1 saturated heterocycles. The normalized spacial score (nSPS) is 17.1. The van der Waals surface area contributed by atoms with Gasteiger partial charge in [0.2, 0.25) is 5.91 Å². The number of thioether (sulfide) groups is 1. The minimum atomic E-state index is 0.168. The molecular formula is C21H22N2OS2. The molecule has 1 aromatic heterocycles. The van der Waals surface area contributed by atoms with Gasteiger partial charge in [0.05, 0.1) is 16.3 Å². The van der Waals surface area contributed by atoms with E-state index >= 15 is 0 Å². The molecule has 4 rings (SSSR count). The third-order valence-corrected chi connectivity index (χ3v) is 6.95. The fourth-order valence-corrected chi connectivity index (χ4v) is 5.42. The molecule has 0 unspecified atom stereocenters. The van der Waals surface area contributed by atoms with Gasteiger partial charge in [-0.2, -0.15) is 0 Å². The van der Waals surface area contributed by atoms with Crippen molar-refractivity contribution in [2.24, 2.45) is 0 Å². The number of hydrogen-bond donors (Lipinski definition) is 0. The van der Waals surface area contributed by atoms with Crippen molar-refractivity contribution in [1.82, 2.24) is 9.88 Å². The van der Waals surface area contributed by atoms with Crippen LogP contribution in [0.15, 0.2) is 59.5 Å². The topological polar surface area (TPSA) is 33.2 Å². The second-order valence-corrected chi connectivity index (χ2v) is 8.76. The maximum Gasteiger partial charge on any atom is 0.223 e. The van der Waals surface area contributed by atoms with Crippen molar-refractivity contribution in [2.75, 3.05) is 12.3 Å². The summed E-state index contributed by atoms with van der Waals surface area (Å²) in [6.45, 7) is 0.866. The molecule has 0 bridgehead atoms. The lowest BCUT2D eigenvalue weighted by Gasteiger charge is -2.23. The molecule has 1 amide bonds. The van der Waals surface area contributed by atoms with Gasteiger partial charge in [-0.1, -0.05) is 30.3 Å². The third kappa shape index (κ3) is 3.94. The second kappa shape index (κ2) is 8.23. The van der Waals surface area contributed by atoms with Crippen molar-refractivity contribution in [2.45, 2.75) is 36.6 Å². The zero-order valence-corrected chi connectivity index (χ0v) is 16.3. The first-order valence-electron chi connectivity index (χ1n) is 9.14. The number of aromatic nitrogens is 1. The van der Waals surface area contributed by atoms with E-state index in [2.05, 4.69) is 41.3 Å². The predicted octanol–water partition coefficient (Wildman–Crippen LogP) is 5.53. The molecule has 0 spiro atoms. The number of para-hydroxylation sites is 1. The van der Waals surface area contributed by atoms with Gasteiger partial charge in [0, 0.05) is 17.9 Å². The number of fused-ring (bicyclic) bond motifs is 1. The number of carbonyl (C=O) groups is 1. The Morgan fingerprint density at radius 1 is 1.15 bits per heavy atom. The molecule has 5 heteroatoms. The zero-order chi connectivity index (χ0) is 17.8. The minimum absolute atomic E-state index is 0.168. The highest BCUT2D eigenvalue weighted by Crippen LogP contribution is 2.36. The van der Waals surface area contributed by atoms with E-state index in [4.69, 9.17) is 4.98 Å². The molecular weight excluding hydrogens is 360 g/mol. The Hall–Kier alpha value is -1.85. The lowest BCUT2D eigenvalue weighted by molar-refractivity contribution is -0.132. The predicted molar refractivity (Wildman–Crippen MR) is 110 cm³/mol. The van der Waals surface area contributed by atoms with Crippen LogP contribution in [0.5, 0.6) is 0 Å². The summed E-state index contributed by atoms with van der Waals surface area (Å²) in [7, 11) is 0. The summed E-state index contributed by atoms with van der Waals surface area (Å²) in [5.41, 5.74) is 1.05. The van der Waals surface area contributed by atoms with Gasteiger partial charge in [-0.05, 0) is 49.3 Å². The van der Waals surface area contributed by atoms with Crippen molar-refractivity contribution in [3.05, 3.63) is 59.6 Å². The number of benzene rings is 2. The van der Waals surface area contributed by atoms with Crippen molar-refractivity contribution in [3.63, 3.8) is 0 Å². The van der Waals surface area contributed by atoms with Crippen LogP contribution in [0.3, 0.4) is 0 Å². The molecule has 134 valence electrons. The number of likely N-dealkylation sites (tertiary alicyclic amines) is 1. The summed E-state index contributed by atoms with van der Waals surface area (Å²) in [4.78, 5) is 20.9.